The molecule has 0 aromatic heterocycles. The summed E-state index contributed by atoms with van der Waals surface area (Å²) in [6, 6.07) is 13.3. The normalized spacial score (nSPS) is 10.4. The number of ether oxygens (including phenoxy) is 1. The number of carbonyl (C=O) groups is 2. The lowest BCUT2D eigenvalue weighted by atomic mass is 10.1. The first-order valence-electron chi connectivity index (χ1n) is 9.97. The fourth-order valence-electron chi connectivity index (χ4n) is 3.31. The van der Waals surface area contributed by atoms with Gasteiger partial charge in [0.1, 0.15) is 5.75 Å². The molecule has 1 N–H and O–H groups in total. The molecule has 2 amide bonds. The second kappa shape index (κ2) is 10.5. The highest BCUT2D eigenvalue weighted by Crippen LogP contribution is 2.26. The van der Waals surface area contributed by atoms with Crippen LogP contribution in [0.1, 0.15) is 32.8 Å². The van der Waals surface area contributed by atoms with Gasteiger partial charge in [-0.15, -0.1) is 0 Å². The zero-order valence-electron chi connectivity index (χ0n) is 18.0. The molecule has 2 rings (SSSR count). The summed E-state index contributed by atoms with van der Waals surface area (Å²) in [6.07, 6.45) is 0.202. The first kappa shape index (κ1) is 22.3. The molecule has 6 nitrogen and oxygen atoms in total. The van der Waals surface area contributed by atoms with Gasteiger partial charge >= 0.3 is 0 Å². The molecule has 0 fully saturated rings. The number of benzene rings is 2. The molecule has 0 radical (unpaired) electrons. The second-order valence-corrected chi connectivity index (χ2v) is 6.84. The van der Waals surface area contributed by atoms with Gasteiger partial charge in [-0.2, -0.15) is 0 Å². The monoisotopic (exact) mass is 397 g/mol. The van der Waals surface area contributed by atoms with Gasteiger partial charge in [-0.05, 0) is 56.7 Å². The minimum atomic E-state index is -0.151. The number of hydrogen-bond donors (Lipinski definition) is 1. The fraction of sp³-hybridized carbons (Fsp3) is 0.391. The topological polar surface area (TPSA) is 61.9 Å². The fourth-order valence-corrected chi connectivity index (χ4v) is 3.31. The van der Waals surface area contributed by atoms with Crippen molar-refractivity contribution >= 4 is 28.9 Å². The van der Waals surface area contributed by atoms with Crippen molar-refractivity contribution in [2.45, 2.75) is 34.1 Å². The standard InChI is InChI=1S/C23H31N3O3/c1-6-25(7-2)20-11-12-22(17(3)15-20)26(18(4)27)14-13-23(28)24-19-9-8-10-21(16-19)29-5/h8-12,15-16H,6-7,13-14H2,1-5H3,(H,24,28). The van der Waals surface area contributed by atoms with E-state index in [0.29, 0.717) is 18.0 Å². The summed E-state index contributed by atoms with van der Waals surface area (Å²) < 4.78 is 5.17. The van der Waals surface area contributed by atoms with Crippen LogP contribution < -0.4 is 19.9 Å². The van der Waals surface area contributed by atoms with Gasteiger partial charge in [0, 0.05) is 56.1 Å². The van der Waals surface area contributed by atoms with E-state index in [2.05, 4.69) is 30.1 Å². The molecule has 0 unspecified atom stereocenters. The molecular formula is C23H31N3O3. The molecule has 2 aromatic carbocycles. The number of nitrogens with zero attached hydrogens (tertiary/aromatic N) is 2. The Labute approximate surface area is 173 Å². The van der Waals surface area contributed by atoms with Crippen molar-refractivity contribution in [3.8, 4) is 5.75 Å². The van der Waals surface area contributed by atoms with Gasteiger partial charge in [0.15, 0.2) is 0 Å². The Balaban J connectivity index is 2.08. The van der Waals surface area contributed by atoms with Crippen molar-refractivity contribution in [2.75, 3.05) is 41.9 Å². The molecule has 0 saturated carbocycles. The predicted molar refractivity (Wildman–Crippen MR) is 119 cm³/mol. The molecule has 0 bridgehead atoms. The summed E-state index contributed by atoms with van der Waals surface area (Å²) in [4.78, 5) is 28.5. The van der Waals surface area contributed by atoms with Crippen molar-refractivity contribution in [2.24, 2.45) is 0 Å². The number of aryl methyl sites for hydroxylation is 1. The summed E-state index contributed by atoms with van der Waals surface area (Å²) >= 11 is 0. The lowest BCUT2D eigenvalue weighted by molar-refractivity contribution is -0.117. The van der Waals surface area contributed by atoms with E-state index in [1.54, 1.807) is 24.1 Å². The van der Waals surface area contributed by atoms with E-state index >= 15 is 0 Å². The van der Waals surface area contributed by atoms with Crippen molar-refractivity contribution in [1.29, 1.82) is 0 Å². The quantitative estimate of drug-likeness (QED) is 0.688. The zero-order valence-corrected chi connectivity index (χ0v) is 18.0. The van der Waals surface area contributed by atoms with E-state index in [4.69, 9.17) is 4.74 Å². The van der Waals surface area contributed by atoms with E-state index in [9.17, 15) is 9.59 Å². The maximum Gasteiger partial charge on any atom is 0.226 e. The maximum absolute atomic E-state index is 12.4. The van der Waals surface area contributed by atoms with E-state index in [-0.39, 0.29) is 18.2 Å². The van der Waals surface area contributed by atoms with Crippen LogP contribution in [0.25, 0.3) is 0 Å². The molecule has 29 heavy (non-hydrogen) atoms. The number of carbonyl (C=O) groups excluding carboxylic acids is 2. The van der Waals surface area contributed by atoms with Gasteiger partial charge in [0.05, 0.1) is 7.11 Å². The number of rotatable bonds is 9. The van der Waals surface area contributed by atoms with Crippen LogP contribution >= 0.6 is 0 Å². The lowest BCUT2D eigenvalue weighted by Gasteiger charge is -2.26. The molecule has 0 heterocycles. The Kier molecular flexibility index (Phi) is 8.07. The van der Waals surface area contributed by atoms with Crippen LogP contribution in [0.3, 0.4) is 0 Å². The van der Waals surface area contributed by atoms with Crippen molar-refractivity contribution in [3.05, 3.63) is 48.0 Å². The van der Waals surface area contributed by atoms with Gasteiger partial charge in [0.2, 0.25) is 11.8 Å². The maximum atomic E-state index is 12.4. The molecule has 0 aliphatic heterocycles. The van der Waals surface area contributed by atoms with Crippen LogP contribution in [0.5, 0.6) is 5.75 Å². The van der Waals surface area contributed by atoms with Gasteiger partial charge < -0.3 is 19.9 Å². The molecule has 156 valence electrons. The number of nitrogens with one attached hydrogen (secondary N) is 1. The number of methoxy groups -OCH3 is 1. The van der Waals surface area contributed by atoms with Crippen LogP contribution in [0.2, 0.25) is 0 Å². The molecule has 6 heteroatoms. The molecule has 0 aliphatic rings. The lowest BCUT2D eigenvalue weighted by Crippen LogP contribution is -2.32. The van der Waals surface area contributed by atoms with Crippen molar-refractivity contribution in [1.82, 2.24) is 0 Å². The minimum Gasteiger partial charge on any atom is -0.497 e. The summed E-state index contributed by atoms with van der Waals surface area (Å²) in [5.41, 5.74) is 3.65. The largest absolute Gasteiger partial charge is 0.497 e. The van der Waals surface area contributed by atoms with E-state index in [1.165, 1.54) is 6.92 Å². The molecule has 0 aliphatic carbocycles. The van der Waals surface area contributed by atoms with Crippen molar-refractivity contribution in [3.63, 3.8) is 0 Å². The average molecular weight is 398 g/mol. The first-order chi connectivity index (χ1) is 13.9. The Hall–Kier alpha value is -3.02. The van der Waals surface area contributed by atoms with Crippen LogP contribution in [-0.2, 0) is 9.59 Å². The minimum absolute atomic E-state index is 0.0853. The average Bonchev–Trinajstić information content (AvgIpc) is 2.70. The molecule has 2 aromatic rings. The number of anilines is 3. The summed E-state index contributed by atoms with van der Waals surface area (Å²) in [6.45, 7) is 9.93. The van der Waals surface area contributed by atoms with Gasteiger partial charge in [-0.1, -0.05) is 6.07 Å². The number of hydrogen-bond acceptors (Lipinski definition) is 4. The van der Waals surface area contributed by atoms with Crippen LogP contribution in [-0.4, -0.2) is 38.6 Å². The Morgan fingerprint density at radius 3 is 2.38 bits per heavy atom. The third-order valence-electron chi connectivity index (χ3n) is 4.90. The highest BCUT2D eigenvalue weighted by atomic mass is 16.5. The van der Waals surface area contributed by atoms with Gasteiger partial charge in [-0.25, -0.2) is 0 Å². The Bertz CT molecular complexity index is 847. The molecular weight excluding hydrogens is 366 g/mol. The molecule has 0 atom stereocenters. The Morgan fingerprint density at radius 2 is 1.79 bits per heavy atom. The zero-order chi connectivity index (χ0) is 21.4. The highest BCUT2D eigenvalue weighted by molar-refractivity contribution is 5.95. The predicted octanol–water partition coefficient (Wildman–Crippen LogP) is 4.23. The highest BCUT2D eigenvalue weighted by Gasteiger charge is 2.16. The summed E-state index contributed by atoms with van der Waals surface area (Å²) in [5.74, 6) is 0.442. The van der Waals surface area contributed by atoms with Crippen LogP contribution in [0, 0.1) is 6.92 Å². The second-order valence-electron chi connectivity index (χ2n) is 6.84. The van der Waals surface area contributed by atoms with Gasteiger partial charge in [-0.3, -0.25) is 9.59 Å². The van der Waals surface area contributed by atoms with E-state index in [0.717, 1.165) is 30.0 Å². The third-order valence-corrected chi connectivity index (χ3v) is 4.90. The van der Waals surface area contributed by atoms with Gasteiger partial charge in [0.25, 0.3) is 0 Å². The first-order valence-corrected chi connectivity index (χ1v) is 9.97. The molecule has 0 saturated heterocycles. The number of amides is 2. The van der Waals surface area contributed by atoms with E-state index < -0.39 is 0 Å². The smallest absolute Gasteiger partial charge is 0.226 e. The SMILES string of the molecule is CCN(CC)c1ccc(N(CCC(=O)Nc2cccc(OC)c2)C(C)=O)c(C)c1. The van der Waals surface area contributed by atoms with Crippen LogP contribution in [0.4, 0.5) is 17.1 Å². The van der Waals surface area contributed by atoms with E-state index in [1.807, 2.05) is 31.2 Å². The van der Waals surface area contributed by atoms with Crippen LogP contribution in [0.15, 0.2) is 42.5 Å². The van der Waals surface area contributed by atoms with Crippen molar-refractivity contribution < 1.29 is 14.3 Å². The molecule has 0 spiro atoms. The Morgan fingerprint density at radius 1 is 1.07 bits per heavy atom. The third kappa shape index (κ3) is 5.98. The summed E-state index contributed by atoms with van der Waals surface area (Å²) in [5, 5.41) is 2.85. The summed E-state index contributed by atoms with van der Waals surface area (Å²) in [7, 11) is 1.58.